The number of hydrogen-bond donors (Lipinski definition) is 0. The van der Waals surface area contributed by atoms with Crippen LogP contribution in [0.15, 0.2) is 63.9 Å². The van der Waals surface area contributed by atoms with Crippen LogP contribution < -0.4 is 15.4 Å². The Kier molecular flexibility index (Phi) is 5.61. The predicted molar refractivity (Wildman–Crippen MR) is 115 cm³/mol. The molecule has 0 aliphatic carbocycles. The van der Waals surface area contributed by atoms with Gasteiger partial charge < -0.3 is 19.0 Å². The molecule has 3 aromatic rings. The average Bonchev–Trinajstić information content (AvgIpc) is 3.14. The van der Waals surface area contributed by atoms with Crippen LogP contribution in [0.4, 0.5) is 5.69 Å². The van der Waals surface area contributed by atoms with Crippen LogP contribution in [-0.2, 0) is 11.3 Å². The molecule has 0 bridgehead atoms. The van der Waals surface area contributed by atoms with Gasteiger partial charge in [0.25, 0.3) is 0 Å². The highest BCUT2D eigenvalue weighted by Crippen LogP contribution is 2.21. The molecule has 1 fully saturated rings. The molecule has 30 heavy (non-hydrogen) atoms. The largest absolute Gasteiger partial charge is 0.497 e. The number of methoxy groups -OCH3 is 1. The minimum absolute atomic E-state index is 0.0248. The summed E-state index contributed by atoms with van der Waals surface area (Å²) in [5.41, 5.74) is 3.15. The van der Waals surface area contributed by atoms with Crippen LogP contribution in [0.3, 0.4) is 0 Å². The number of benzene rings is 2. The van der Waals surface area contributed by atoms with Crippen LogP contribution in [0, 0.1) is 6.92 Å². The maximum absolute atomic E-state index is 12.7. The van der Waals surface area contributed by atoms with E-state index in [1.165, 1.54) is 15.8 Å². The lowest BCUT2D eigenvalue weighted by Gasteiger charge is -2.36. The normalized spacial score (nSPS) is 14.1. The third-order valence-corrected chi connectivity index (χ3v) is 5.42. The third-order valence-electron chi connectivity index (χ3n) is 5.42. The average molecular weight is 407 g/mol. The Morgan fingerprint density at radius 2 is 1.67 bits per heavy atom. The van der Waals surface area contributed by atoms with Crippen LogP contribution in [-0.4, -0.2) is 48.7 Å². The van der Waals surface area contributed by atoms with Crippen molar-refractivity contribution in [3.05, 3.63) is 70.8 Å². The summed E-state index contributed by atoms with van der Waals surface area (Å²) in [6.45, 7) is 4.84. The Hall–Kier alpha value is -3.48. The molecule has 0 saturated carbocycles. The fourth-order valence-electron chi connectivity index (χ4n) is 3.59. The number of anilines is 1. The van der Waals surface area contributed by atoms with Crippen LogP contribution in [0.1, 0.15) is 5.56 Å². The van der Waals surface area contributed by atoms with E-state index in [0.717, 1.165) is 24.4 Å². The summed E-state index contributed by atoms with van der Waals surface area (Å²) in [6.07, 6.45) is 1.59. The number of aromatic nitrogens is 1. The summed E-state index contributed by atoms with van der Waals surface area (Å²) in [7, 11) is 1.60. The Morgan fingerprint density at radius 3 is 2.30 bits per heavy atom. The predicted octanol–water partition coefficient (Wildman–Crippen LogP) is 2.77. The van der Waals surface area contributed by atoms with E-state index in [1.54, 1.807) is 30.3 Å². The Labute approximate surface area is 175 Å². The zero-order valence-electron chi connectivity index (χ0n) is 17.2. The van der Waals surface area contributed by atoms with Crippen LogP contribution in [0.5, 0.6) is 5.75 Å². The van der Waals surface area contributed by atoms with Gasteiger partial charge in [-0.1, -0.05) is 17.7 Å². The van der Waals surface area contributed by atoms with E-state index in [9.17, 15) is 9.59 Å². The molecule has 1 amide bonds. The van der Waals surface area contributed by atoms with Crippen molar-refractivity contribution in [2.75, 3.05) is 38.2 Å². The first-order chi connectivity index (χ1) is 14.5. The van der Waals surface area contributed by atoms with Gasteiger partial charge in [0, 0.05) is 37.4 Å². The first-order valence-corrected chi connectivity index (χ1v) is 9.97. The molecule has 0 unspecified atom stereocenters. The zero-order valence-corrected chi connectivity index (χ0v) is 17.2. The molecule has 7 nitrogen and oxygen atoms in total. The van der Waals surface area contributed by atoms with Crippen molar-refractivity contribution in [1.29, 1.82) is 0 Å². The van der Waals surface area contributed by atoms with E-state index in [-0.39, 0.29) is 12.5 Å². The van der Waals surface area contributed by atoms with Gasteiger partial charge in [-0.05, 0) is 43.3 Å². The van der Waals surface area contributed by atoms with Crippen LogP contribution in [0.2, 0.25) is 0 Å². The Morgan fingerprint density at radius 1 is 1.00 bits per heavy atom. The van der Waals surface area contributed by atoms with E-state index in [0.29, 0.717) is 18.8 Å². The second-order valence-corrected chi connectivity index (χ2v) is 7.42. The van der Waals surface area contributed by atoms with Gasteiger partial charge >= 0.3 is 5.76 Å². The molecule has 1 aliphatic heterocycles. The minimum Gasteiger partial charge on any atom is -0.497 e. The van der Waals surface area contributed by atoms with Crippen molar-refractivity contribution in [2.24, 2.45) is 0 Å². The highest BCUT2D eigenvalue weighted by Gasteiger charge is 2.22. The number of amides is 1. The first kappa shape index (κ1) is 19.8. The van der Waals surface area contributed by atoms with Crippen molar-refractivity contribution in [3.63, 3.8) is 0 Å². The lowest BCUT2D eigenvalue weighted by molar-refractivity contribution is -0.132. The number of ether oxygens (including phenoxy) is 1. The van der Waals surface area contributed by atoms with E-state index in [2.05, 4.69) is 36.1 Å². The number of hydrogen-bond acceptors (Lipinski definition) is 5. The van der Waals surface area contributed by atoms with Gasteiger partial charge in [-0.3, -0.25) is 9.36 Å². The quantitative estimate of drug-likeness (QED) is 0.651. The van der Waals surface area contributed by atoms with E-state index < -0.39 is 5.76 Å². The SMILES string of the molecule is COc1ccc(-c2cn(CC(=O)N3CCN(c4ccc(C)cc4)CC3)c(=O)o2)cc1. The van der Waals surface area contributed by atoms with E-state index in [4.69, 9.17) is 9.15 Å². The van der Waals surface area contributed by atoms with E-state index >= 15 is 0 Å². The standard InChI is InChI=1S/C23H25N3O4/c1-17-3-7-19(8-4-17)24-11-13-25(14-12-24)22(27)16-26-15-21(30-23(26)28)18-5-9-20(29-2)10-6-18/h3-10,15H,11-14,16H2,1-2H3. The molecule has 0 N–H and O–H groups in total. The molecule has 4 rings (SSSR count). The molecule has 0 radical (unpaired) electrons. The Balaban J connectivity index is 1.38. The molecule has 2 heterocycles. The highest BCUT2D eigenvalue weighted by molar-refractivity contribution is 5.76. The van der Waals surface area contributed by atoms with Gasteiger partial charge in [-0.2, -0.15) is 0 Å². The van der Waals surface area contributed by atoms with Gasteiger partial charge in [-0.15, -0.1) is 0 Å². The number of nitrogens with zero attached hydrogens (tertiary/aromatic N) is 3. The molecular formula is C23H25N3O4. The molecule has 1 saturated heterocycles. The molecule has 7 heteroatoms. The number of carbonyl (C=O) groups excluding carboxylic acids is 1. The van der Waals surface area contributed by atoms with Crippen LogP contribution in [0.25, 0.3) is 11.3 Å². The van der Waals surface area contributed by atoms with E-state index in [1.807, 2.05) is 12.1 Å². The van der Waals surface area contributed by atoms with Crippen molar-refractivity contribution < 1.29 is 13.9 Å². The monoisotopic (exact) mass is 407 g/mol. The molecule has 2 aromatic carbocycles. The molecule has 1 aliphatic rings. The zero-order chi connectivity index (χ0) is 21.1. The smallest absolute Gasteiger partial charge is 0.419 e. The summed E-state index contributed by atoms with van der Waals surface area (Å²) >= 11 is 0. The van der Waals surface area contributed by atoms with Crippen molar-refractivity contribution >= 4 is 11.6 Å². The molecule has 0 spiro atoms. The Bertz CT molecular complexity index is 1060. The van der Waals surface area contributed by atoms with Gasteiger partial charge in [-0.25, -0.2) is 4.79 Å². The third kappa shape index (κ3) is 4.25. The highest BCUT2D eigenvalue weighted by atomic mass is 16.5. The summed E-state index contributed by atoms with van der Waals surface area (Å²) < 4.78 is 11.8. The van der Waals surface area contributed by atoms with Gasteiger partial charge in [0.15, 0.2) is 5.76 Å². The fourth-order valence-corrected chi connectivity index (χ4v) is 3.59. The second-order valence-electron chi connectivity index (χ2n) is 7.42. The topological polar surface area (TPSA) is 67.9 Å². The van der Waals surface area contributed by atoms with Gasteiger partial charge in [0.1, 0.15) is 12.3 Å². The number of aryl methyl sites for hydroxylation is 1. The lowest BCUT2D eigenvalue weighted by atomic mass is 10.2. The lowest BCUT2D eigenvalue weighted by Crippen LogP contribution is -2.50. The van der Waals surface area contributed by atoms with Gasteiger partial charge in [0.2, 0.25) is 5.91 Å². The summed E-state index contributed by atoms with van der Waals surface area (Å²) in [5.74, 6) is 0.537. The number of piperazine rings is 1. The molecule has 156 valence electrons. The van der Waals surface area contributed by atoms with Crippen molar-refractivity contribution in [2.45, 2.75) is 13.5 Å². The summed E-state index contributed by atoms with van der Waals surface area (Å²) in [6, 6.07) is 15.6. The maximum Gasteiger partial charge on any atom is 0.419 e. The van der Waals surface area contributed by atoms with Gasteiger partial charge in [0.05, 0.1) is 13.3 Å². The maximum atomic E-state index is 12.7. The van der Waals surface area contributed by atoms with Crippen molar-refractivity contribution in [1.82, 2.24) is 9.47 Å². The number of rotatable bonds is 5. The minimum atomic E-state index is -0.535. The second kappa shape index (κ2) is 8.49. The summed E-state index contributed by atoms with van der Waals surface area (Å²) in [5, 5.41) is 0. The molecule has 1 aromatic heterocycles. The van der Waals surface area contributed by atoms with Crippen LogP contribution >= 0.6 is 0 Å². The fraction of sp³-hybridized carbons (Fsp3) is 0.304. The van der Waals surface area contributed by atoms with Crippen molar-refractivity contribution in [3.8, 4) is 17.1 Å². The number of oxazole rings is 1. The first-order valence-electron chi connectivity index (χ1n) is 9.97. The number of carbonyl (C=O) groups is 1. The molecular weight excluding hydrogens is 382 g/mol. The molecule has 0 atom stereocenters. The summed E-state index contributed by atoms with van der Waals surface area (Å²) in [4.78, 5) is 29.0.